The van der Waals surface area contributed by atoms with E-state index in [1.165, 1.54) is 23.1 Å². The molecule has 242 valence electrons. The third-order valence-corrected chi connectivity index (χ3v) is 10.8. The molecule has 0 aliphatic carbocycles. The third kappa shape index (κ3) is 8.33. The second kappa shape index (κ2) is 14.6. The number of thiazole rings is 1. The van der Waals surface area contributed by atoms with E-state index in [0.29, 0.717) is 22.3 Å². The molecule has 1 unspecified atom stereocenters. The lowest BCUT2D eigenvalue weighted by atomic mass is 10.2. The molecule has 1 aromatic heterocycles. The summed E-state index contributed by atoms with van der Waals surface area (Å²) in [6.45, 7) is 2.25. The van der Waals surface area contributed by atoms with Gasteiger partial charge in [-0.15, -0.1) is 0 Å². The van der Waals surface area contributed by atoms with Gasteiger partial charge in [0.2, 0.25) is 18.1 Å². The minimum absolute atomic E-state index is 0.0692. The minimum atomic E-state index is -4.12. The Balaban J connectivity index is 1.39. The highest BCUT2D eigenvalue weighted by molar-refractivity contribution is 8.03. The van der Waals surface area contributed by atoms with Gasteiger partial charge in [-0.1, -0.05) is 64.5 Å². The summed E-state index contributed by atoms with van der Waals surface area (Å²) in [5, 5.41) is 15.3. The van der Waals surface area contributed by atoms with Crippen LogP contribution < -0.4 is 19.7 Å². The van der Waals surface area contributed by atoms with Gasteiger partial charge >= 0.3 is 5.97 Å². The summed E-state index contributed by atoms with van der Waals surface area (Å²) in [6.07, 6.45) is 2.24. The first kappa shape index (κ1) is 34.0. The number of para-hydroxylation sites is 1. The van der Waals surface area contributed by atoms with Crippen LogP contribution in [0.15, 0.2) is 76.7 Å². The number of carboxylic acids is 1. The van der Waals surface area contributed by atoms with E-state index in [0.717, 1.165) is 30.8 Å². The molecule has 1 aliphatic rings. The molecule has 0 bridgehead atoms. The fourth-order valence-corrected chi connectivity index (χ4v) is 8.13. The van der Waals surface area contributed by atoms with Crippen molar-refractivity contribution in [3.63, 3.8) is 0 Å². The number of carbonyl (C=O) groups excluding carboxylic acids is 1. The van der Waals surface area contributed by atoms with E-state index in [2.05, 4.69) is 5.32 Å². The Kier molecular flexibility index (Phi) is 10.8. The van der Waals surface area contributed by atoms with Crippen LogP contribution in [0.3, 0.4) is 0 Å². The number of aromatic nitrogens is 1. The summed E-state index contributed by atoms with van der Waals surface area (Å²) >= 11 is 15.7. The van der Waals surface area contributed by atoms with E-state index in [1.54, 1.807) is 24.0 Å². The Labute approximate surface area is 285 Å². The van der Waals surface area contributed by atoms with E-state index >= 15 is 0 Å². The van der Waals surface area contributed by atoms with Crippen molar-refractivity contribution in [1.82, 2.24) is 5.32 Å². The monoisotopic (exact) mass is 721 g/mol. The van der Waals surface area contributed by atoms with E-state index in [9.17, 15) is 27.7 Å². The molecule has 5 rings (SSSR count). The number of anilines is 2. The number of nitrogens with zero attached hydrogens (tertiary/aromatic N) is 3. The van der Waals surface area contributed by atoms with Gasteiger partial charge in [-0.25, -0.2) is 4.79 Å². The van der Waals surface area contributed by atoms with Crippen LogP contribution in [-0.4, -0.2) is 54.8 Å². The number of hydrogen-bond acceptors (Lipinski definition) is 8. The molecule has 0 saturated carbocycles. The molecule has 46 heavy (non-hydrogen) atoms. The van der Waals surface area contributed by atoms with E-state index in [1.807, 2.05) is 70.1 Å². The van der Waals surface area contributed by atoms with Gasteiger partial charge in [0.05, 0.1) is 22.5 Å². The largest absolute Gasteiger partial charge is 0.480 e. The van der Waals surface area contributed by atoms with Crippen molar-refractivity contribution in [3.8, 4) is 0 Å². The minimum Gasteiger partial charge on any atom is -0.480 e. The van der Waals surface area contributed by atoms with Crippen LogP contribution >= 0.6 is 46.3 Å². The molecule has 2 heterocycles. The first-order valence-corrected chi connectivity index (χ1v) is 18.2. The van der Waals surface area contributed by atoms with Crippen molar-refractivity contribution >= 4 is 96.0 Å². The molecule has 10 nitrogen and oxygen atoms in total. The summed E-state index contributed by atoms with van der Waals surface area (Å²) in [4.78, 5) is 29.5. The standard InChI is InChI=1S/C31H30Cl2N4O6S3/c1-20(31(39)40)35(23-6-3-2-4-7-23)14-12-28(38)34-19-37-25-17-22(33)9-11-27(25)45-30(37)18-29-36(13-5-15-46(41,42)43)24-16-21(32)8-10-26(24)44-29/h2-4,6-11,16-18,20H,5,12-15,19H2,1H3,(H2-,34,38,39,40,41,42,43)/p+1. The van der Waals surface area contributed by atoms with Crippen molar-refractivity contribution in [2.45, 2.75) is 37.4 Å². The van der Waals surface area contributed by atoms with Gasteiger partial charge in [-0.3, -0.25) is 9.35 Å². The molecule has 0 radical (unpaired) electrons. The average Bonchev–Trinajstić information content (AvgIpc) is 3.52. The highest BCUT2D eigenvalue weighted by Gasteiger charge is 2.29. The van der Waals surface area contributed by atoms with Gasteiger partial charge in [0.25, 0.3) is 15.1 Å². The highest BCUT2D eigenvalue weighted by Crippen LogP contribution is 2.48. The number of halogens is 2. The summed E-state index contributed by atoms with van der Waals surface area (Å²) in [6, 6.07) is 19.3. The van der Waals surface area contributed by atoms with Gasteiger partial charge in [0, 0.05) is 46.2 Å². The number of hydrogen-bond donors (Lipinski definition) is 3. The van der Waals surface area contributed by atoms with Crippen LogP contribution in [-0.2, 0) is 26.4 Å². The van der Waals surface area contributed by atoms with Crippen LogP contribution in [0.5, 0.6) is 0 Å². The van der Waals surface area contributed by atoms with Crippen molar-refractivity contribution in [3.05, 3.63) is 86.8 Å². The Morgan fingerprint density at radius 1 is 1.09 bits per heavy atom. The van der Waals surface area contributed by atoms with Crippen LogP contribution in [0.1, 0.15) is 24.8 Å². The van der Waals surface area contributed by atoms with Crippen molar-refractivity contribution in [2.24, 2.45) is 0 Å². The van der Waals surface area contributed by atoms with Gasteiger partial charge in [0.15, 0.2) is 0 Å². The maximum atomic E-state index is 13.1. The summed E-state index contributed by atoms with van der Waals surface area (Å²) in [7, 11) is -4.12. The smallest absolute Gasteiger partial charge is 0.326 e. The SMILES string of the molecule is CC(C(=O)O)N(CCC(=O)NC[n+]1c(/C=C2\Sc3ccc(Cl)cc3N2CCCS(=O)(=O)O)sc2ccc(Cl)cc21)c1ccccc1. The highest BCUT2D eigenvalue weighted by atomic mass is 35.5. The first-order valence-electron chi connectivity index (χ1n) is 14.2. The van der Waals surface area contributed by atoms with Crippen molar-refractivity contribution in [1.29, 1.82) is 0 Å². The Morgan fingerprint density at radius 3 is 2.52 bits per heavy atom. The number of rotatable bonds is 13. The average molecular weight is 723 g/mol. The molecule has 0 fully saturated rings. The molecule has 3 aromatic carbocycles. The molecular formula is C31H31Cl2N4O6S3+. The molecule has 4 aromatic rings. The first-order chi connectivity index (χ1) is 21.9. The molecule has 3 N–H and O–H groups in total. The van der Waals surface area contributed by atoms with Crippen LogP contribution in [0.25, 0.3) is 16.3 Å². The van der Waals surface area contributed by atoms with Gasteiger partial charge in [0.1, 0.15) is 10.7 Å². The molecule has 1 atom stereocenters. The molecular weight excluding hydrogens is 691 g/mol. The van der Waals surface area contributed by atoms with E-state index in [4.69, 9.17) is 23.2 Å². The second-order valence-corrected chi connectivity index (χ2v) is 15.1. The number of aliphatic carboxylic acids is 1. The van der Waals surface area contributed by atoms with Crippen molar-refractivity contribution in [2.75, 3.05) is 28.6 Å². The van der Waals surface area contributed by atoms with Crippen LogP contribution in [0.2, 0.25) is 10.0 Å². The Bertz CT molecular complexity index is 1900. The predicted octanol–water partition coefficient (Wildman–Crippen LogP) is 6.13. The quantitative estimate of drug-likeness (QED) is 0.110. The summed E-state index contributed by atoms with van der Waals surface area (Å²) in [5.41, 5.74) is 2.36. The lowest BCUT2D eigenvalue weighted by Gasteiger charge is -2.28. The Morgan fingerprint density at radius 2 is 1.80 bits per heavy atom. The fourth-order valence-electron chi connectivity index (χ4n) is 5.04. The maximum absolute atomic E-state index is 13.1. The maximum Gasteiger partial charge on any atom is 0.326 e. The second-order valence-electron chi connectivity index (χ2n) is 10.5. The van der Waals surface area contributed by atoms with Crippen LogP contribution in [0, 0.1) is 0 Å². The van der Waals surface area contributed by atoms with Gasteiger partial charge in [-0.2, -0.15) is 13.0 Å². The fraction of sp³-hybridized carbons (Fsp3) is 0.258. The number of benzene rings is 3. The summed E-state index contributed by atoms with van der Waals surface area (Å²) < 4.78 is 35.0. The van der Waals surface area contributed by atoms with Gasteiger partial charge in [-0.05, 0) is 55.8 Å². The number of thioether (sulfide) groups is 1. The predicted molar refractivity (Wildman–Crippen MR) is 184 cm³/mol. The number of fused-ring (bicyclic) bond motifs is 2. The zero-order valence-electron chi connectivity index (χ0n) is 24.6. The number of amides is 1. The Hall–Kier alpha value is -3.33. The van der Waals surface area contributed by atoms with Crippen molar-refractivity contribution < 1.29 is 32.2 Å². The number of carboxylic acid groups (broad SMARTS) is 1. The van der Waals surface area contributed by atoms with Crippen LogP contribution in [0.4, 0.5) is 11.4 Å². The molecule has 0 saturated heterocycles. The lowest BCUT2D eigenvalue weighted by Crippen LogP contribution is -2.46. The van der Waals surface area contributed by atoms with E-state index < -0.39 is 22.1 Å². The lowest BCUT2D eigenvalue weighted by molar-refractivity contribution is -0.672. The molecule has 15 heteroatoms. The third-order valence-electron chi connectivity index (χ3n) is 7.34. The molecule has 1 amide bonds. The molecule has 0 spiro atoms. The zero-order chi connectivity index (χ0) is 33.0. The zero-order valence-corrected chi connectivity index (χ0v) is 28.6. The summed E-state index contributed by atoms with van der Waals surface area (Å²) in [5.74, 6) is -1.62. The molecule has 1 aliphatic heterocycles. The van der Waals surface area contributed by atoms with Gasteiger partial charge < -0.3 is 20.2 Å². The topological polar surface area (TPSA) is 131 Å². The number of carbonyl (C=O) groups is 2. The number of nitrogens with one attached hydrogen (secondary N) is 1. The van der Waals surface area contributed by atoms with E-state index in [-0.39, 0.29) is 37.7 Å². The normalized spacial score (nSPS) is 14.4.